The Morgan fingerprint density at radius 3 is 2.58 bits per heavy atom. The van der Waals surface area contributed by atoms with E-state index in [-0.39, 0.29) is 5.69 Å². The lowest BCUT2D eigenvalue weighted by Crippen LogP contribution is -2.04. The molecule has 26 heavy (non-hydrogen) atoms. The van der Waals surface area contributed by atoms with Crippen LogP contribution in [0.15, 0.2) is 53.5 Å². The average molecular weight is 346 g/mol. The molecule has 1 aliphatic heterocycles. The molecule has 0 spiro atoms. The van der Waals surface area contributed by atoms with Crippen molar-refractivity contribution in [2.24, 2.45) is 4.99 Å². The van der Waals surface area contributed by atoms with Gasteiger partial charge in [-0.05, 0) is 43.2 Å². The fourth-order valence-corrected chi connectivity index (χ4v) is 3.39. The van der Waals surface area contributed by atoms with Crippen LogP contribution in [0.4, 0.5) is 5.69 Å². The summed E-state index contributed by atoms with van der Waals surface area (Å²) < 4.78 is 5.87. The van der Waals surface area contributed by atoms with Crippen molar-refractivity contribution in [2.45, 2.75) is 20.3 Å². The number of nitrogens with zero attached hydrogens (tertiary/aromatic N) is 1. The van der Waals surface area contributed by atoms with Crippen LogP contribution in [-0.2, 0) is 6.42 Å². The van der Waals surface area contributed by atoms with Gasteiger partial charge in [-0.25, -0.2) is 4.79 Å². The third-order valence-corrected chi connectivity index (χ3v) is 4.59. The van der Waals surface area contributed by atoms with Gasteiger partial charge in [-0.15, -0.1) is 0 Å². The van der Waals surface area contributed by atoms with Crippen LogP contribution >= 0.6 is 0 Å². The minimum absolute atomic E-state index is 0.226. The molecule has 0 bridgehead atoms. The third-order valence-electron chi connectivity index (χ3n) is 4.59. The van der Waals surface area contributed by atoms with Crippen molar-refractivity contribution in [3.05, 3.63) is 76.6 Å². The zero-order valence-electron chi connectivity index (χ0n) is 14.5. The van der Waals surface area contributed by atoms with Gasteiger partial charge in [0, 0.05) is 23.7 Å². The highest BCUT2D eigenvalue weighted by molar-refractivity contribution is 6.10. The minimum atomic E-state index is -0.952. The normalized spacial score (nSPS) is 12.6. The Morgan fingerprint density at radius 1 is 1.12 bits per heavy atom. The maximum Gasteiger partial charge on any atom is 0.352 e. The van der Waals surface area contributed by atoms with Gasteiger partial charge in [0.2, 0.25) is 0 Å². The number of hydrogen-bond acceptors (Lipinski definition) is 3. The first-order valence-corrected chi connectivity index (χ1v) is 8.39. The quantitative estimate of drug-likeness (QED) is 0.712. The fourth-order valence-electron chi connectivity index (χ4n) is 3.39. The molecule has 3 aromatic rings. The van der Waals surface area contributed by atoms with Gasteiger partial charge in [0.15, 0.2) is 0 Å². The molecule has 0 unspecified atom stereocenters. The van der Waals surface area contributed by atoms with Crippen LogP contribution in [0.3, 0.4) is 0 Å². The van der Waals surface area contributed by atoms with Crippen molar-refractivity contribution in [3.8, 4) is 11.5 Å². The summed E-state index contributed by atoms with van der Waals surface area (Å²) in [5, 5.41) is 9.31. The number of H-pyrrole nitrogens is 1. The molecule has 0 saturated heterocycles. The summed E-state index contributed by atoms with van der Waals surface area (Å²) in [5.41, 5.74) is 5.53. The molecule has 130 valence electrons. The molecular formula is C21H18N2O3. The van der Waals surface area contributed by atoms with Gasteiger partial charge >= 0.3 is 5.97 Å². The van der Waals surface area contributed by atoms with E-state index in [1.165, 1.54) is 0 Å². The van der Waals surface area contributed by atoms with E-state index < -0.39 is 5.97 Å². The highest BCUT2D eigenvalue weighted by atomic mass is 16.5. The fraction of sp³-hybridized carbons (Fsp3) is 0.143. The Hall–Kier alpha value is -3.34. The number of aliphatic imine (C=N–C) groups is 1. The molecule has 0 saturated carbocycles. The van der Waals surface area contributed by atoms with Gasteiger partial charge in [-0.3, -0.25) is 4.99 Å². The number of aromatic amines is 1. The second kappa shape index (κ2) is 6.19. The number of aryl methyl sites for hydroxylation is 1. The Morgan fingerprint density at radius 2 is 1.88 bits per heavy atom. The average Bonchev–Trinajstić information content (AvgIpc) is 3.15. The second-order valence-electron chi connectivity index (χ2n) is 6.37. The first-order chi connectivity index (χ1) is 12.5. The Bertz CT molecular complexity index is 1030. The smallest absolute Gasteiger partial charge is 0.352 e. The van der Waals surface area contributed by atoms with E-state index in [0.29, 0.717) is 6.42 Å². The first kappa shape index (κ1) is 16.1. The molecule has 2 N–H and O–H groups in total. The summed E-state index contributed by atoms with van der Waals surface area (Å²) in [6.07, 6.45) is 0.680. The van der Waals surface area contributed by atoms with E-state index in [1.807, 2.05) is 62.4 Å². The SMILES string of the molecule is Cc1[nH]c(C(=O)O)c(C)c1C1=Nc2cc(Oc3ccccc3)ccc2C1. The molecular weight excluding hydrogens is 328 g/mol. The summed E-state index contributed by atoms with van der Waals surface area (Å²) in [4.78, 5) is 19.0. The summed E-state index contributed by atoms with van der Waals surface area (Å²) in [6, 6.07) is 15.5. The number of fused-ring (bicyclic) bond motifs is 1. The number of aromatic carboxylic acids is 1. The van der Waals surface area contributed by atoms with E-state index in [2.05, 4.69) is 4.98 Å². The number of nitrogens with one attached hydrogen (secondary N) is 1. The van der Waals surface area contributed by atoms with Crippen LogP contribution in [0.5, 0.6) is 11.5 Å². The molecule has 5 heteroatoms. The number of carboxylic acid groups (broad SMARTS) is 1. The molecule has 2 heterocycles. The van der Waals surface area contributed by atoms with E-state index >= 15 is 0 Å². The number of carbonyl (C=O) groups is 1. The van der Waals surface area contributed by atoms with Gasteiger partial charge in [-0.1, -0.05) is 24.3 Å². The van der Waals surface area contributed by atoms with Crippen LogP contribution in [0, 0.1) is 13.8 Å². The zero-order valence-corrected chi connectivity index (χ0v) is 14.5. The topological polar surface area (TPSA) is 74.7 Å². The maximum atomic E-state index is 11.4. The minimum Gasteiger partial charge on any atom is -0.477 e. The number of ether oxygens (including phenoxy) is 1. The van der Waals surface area contributed by atoms with E-state index in [9.17, 15) is 9.90 Å². The van der Waals surface area contributed by atoms with E-state index in [4.69, 9.17) is 9.73 Å². The number of hydrogen-bond donors (Lipinski definition) is 2. The summed E-state index contributed by atoms with van der Waals surface area (Å²) in [5.74, 6) is 0.554. The summed E-state index contributed by atoms with van der Waals surface area (Å²) in [6.45, 7) is 3.70. The molecule has 0 fully saturated rings. The maximum absolute atomic E-state index is 11.4. The Labute approximate surface area is 151 Å². The van der Waals surface area contributed by atoms with Crippen LogP contribution in [0.2, 0.25) is 0 Å². The van der Waals surface area contributed by atoms with Crippen LogP contribution in [0.1, 0.15) is 32.9 Å². The van der Waals surface area contributed by atoms with Gasteiger partial charge in [0.05, 0.1) is 11.4 Å². The molecule has 5 nitrogen and oxygen atoms in total. The Kier molecular flexibility index (Phi) is 3.84. The standard InChI is InChI=1S/C21H18N2O3/c1-12-19(13(2)22-20(12)21(24)25)18-10-14-8-9-16(11-17(14)23-18)26-15-6-4-3-5-7-15/h3-9,11,22H,10H2,1-2H3,(H,24,25). The predicted molar refractivity (Wildman–Crippen MR) is 100 cm³/mol. The van der Waals surface area contributed by atoms with Crippen molar-refractivity contribution >= 4 is 17.4 Å². The van der Waals surface area contributed by atoms with E-state index in [0.717, 1.165) is 45.3 Å². The van der Waals surface area contributed by atoms with Crippen molar-refractivity contribution in [3.63, 3.8) is 0 Å². The molecule has 4 rings (SSSR count). The second-order valence-corrected chi connectivity index (χ2v) is 6.37. The van der Waals surface area contributed by atoms with Gasteiger partial charge in [-0.2, -0.15) is 0 Å². The molecule has 0 amide bonds. The van der Waals surface area contributed by atoms with E-state index in [1.54, 1.807) is 0 Å². The number of rotatable bonds is 4. The molecule has 1 aliphatic rings. The van der Waals surface area contributed by atoms with Crippen molar-refractivity contribution in [2.75, 3.05) is 0 Å². The Balaban J connectivity index is 1.66. The number of benzene rings is 2. The van der Waals surface area contributed by atoms with Crippen LogP contribution < -0.4 is 4.74 Å². The highest BCUT2D eigenvalue weighted by Crippen LogP contribution is 2.35. The highest BCUT2D eigenvalue weighted by Gasteiger charge is 2.24. The summed E-state index contributed by atoms with van der Waals surface area (Å²) in [7, 11) is 0. The number of aromatic nitrogens is 1. The zero-order chi connectivity index (χ0) is 18.3. The molecule has 0 aliphatic carbocycles. The third kappa shape index (κ3) is 2.77. The number of para-hydroxylation sites is 1. The largest absolute Gasteiger partial charge is 0.477 e. The lowest BCUT2D eigenvalue weighted by atomic mass is 10.0. The summed E-state index contributed by atoms with van der Waals surface area (Å²) >= 11 is 0. The van der Waals surface area contributed by atoms with Crippen LogP contribution in [-0.4, -0.2) is 21.8 Å². The van der Waals surface area contributed by atoms with Crippen LogP contribution in [0.25, 0.3) is 0 Å². The first-order valence-electron chi connectivity index (χ1n) is 8.39. The van der Waals surface area contributed by atoms with Gasteiger partial charge in [0.25, 0.3) is 0 Å². The molecule has 2 aromatic carbocycles. The van der Waals surface area contributed by atoms with Crippen molar-refractivity contribution in [1.29, 1.82) is 0 Å². The molecule has 1 aromatic heterocycles. The monoisotopic (exact) mass is 346 g/mol. The molecule has 0 atom stereocenters. The van der Waals surface area contributed by atoms with Gasteiger partial charge < -0.3 is 14.8 Å². The number of carboxylic acids is 1. The van der Waals surface area contributed by atoms with Crippen molar-refractivity contribution in [1.82, 2.24) is 4.98 Å². The van der Waals surface area contributed by atoms with Crippen molar-refractivity contribution < 1.29 is 14.6 Å². The van der Waals surface area contributed by atoms with Gasteiger partial charge in [0.1, 0.15) is 17.2 Å². The predicted octanol–water partition coefficient (Wildman–Crippen LogP) is 4.80. The lowest BCUT2D eigenvalue weighted by Gasteiger charge is -2.06. The lowest BCUT2D eigenvalue weighted by molar-refractivity contribution is 0.0690. The molecule has 0 radical (unpaired) electrons.